The maximum absolute atomic E-state index is 12.5. The van der Waals surface area contributed by atoms with Crippen molar-refractivity contribution in [3.05, 3.63) is 0 Å². The molecule has 0 aromatic heterocycles. The molecule has 0 aromatic rings. The lowest BCUT2D eigenvalue weighted by Crippen LogP contribution is -2.57. The monoisotopic (exact) mass is 338 g/mol. The summed E-state index contributed by atoms with van der Waals surface area (Å²) in [6, 6.07) is 0. The summed E-state index contributed by atoms with van der Waals surface area (Å²) < 4.78 is 16.3. The average Bonchev–Trinajstić information content (AvgIpc) is 2.58. The van der Waals surface area contributed by atoms with Crippen molar-refractivity contribution < 1.29 is 24.1 Å². The second-order valence-corrected chi connectivity index (χ2v) is 6.99. The molecule has 2 aliphatic rings. The first kappa shape index (κ1) is 19.2. The van der Waals surface area contributed by atoms with E-state index in [1.54, 1.807) is 13.8 Å². The lowest BCUT2D eigenvalue weighted by Gasteiger charge is -2.47. The zero-order chi connectivity index (χ0) is 17.6. The van der Waals surface area contributed by atoms with Gasteiger partial charge in [0.2, 0.25) is 0 Å². The standard InChI is InChI=1S/C19H30O5/c1-4-22-17(20)18(3)15(2)9-7-11-19(18,21)12-8-14-24-16-10-5-6-13-23-16/h15-16,21H,4-7,9-11,13-14H2,1-3H3/t15-,16-,18+,19-/m1/s1. The predicted octanol–water partition coefficient (Wildman–Crippen LogP) is 2.65. The molecule has 1 aliphatic carbocycles. The Morgan fingerprint density at radius 2 is 2.12 bits per heavy atom. The SMILES string of the molecule is CCOC(=O)[C@]1(C)[C@H](C)CCC[C@@]1(O)C#CCO[C@@H]1CCCCO1. The summed E-state index contributed by atoms with van der Waals surface area (Å²) in [5.74, 6) is 5.46. The number of hydrogen-bond acceptors (Lipinski definition) is 5. The number of rotatable bonds is 4. The van der Waals surface area contributed by atoms with Gasteiger partial charge < -0.3 is 19.3 Å². The molecule has 2 rings (SSSR count). The minimum Gasteiger partial charge on any atom is -0.465 e. The van der Waals surface area contributed by atoms with Gasteiger partial charge in [-0.2, -0.15) is 0 Å². The van der Waals surface area contributed by atoms with Crippen LogP contribution in [0, 0.1) is 23.2 Å². The quantitative estimate of drug-likeness (QED) is 0.631. The van der Waals surface area contributed by atoms with E-state index in [4.69, 9.17) is 14.2 Å². The van der Waals surface area contributed by atoms with E-state index in [1.807, 2.05) is 6.92 Å². The molecule has 5 heteroatoms. The topological polar surface area (TPSA) is 65.0 Å². The summed E-state index contributed by atoms with van der Waals surface area (Å²) in [6.45, 7) is 6.74. The van der Waals surface area contributed by atoms with Crippen molar-refractivity contribution in [2.24, 2.45) is 11.3 Å². The first-order chi connectivity index (χ1) is 11.4. The van der Waals surface area contributed by atoms with E-state index >= 15 is 0 Å². The van der Waals surface area contributed by atoms with Crippen LogP contribution in [-0.4, -0.2) is 42.8 Å². The molecular weight excluding hydrogens is 308 g/mol. The molecule has 0 aromatic carbocycles. The normalized spacial score (nSPS) is 36.5. The van der Waals surface area contributed by atoms with Crippen LogP contribution in [-0.2, 0) is 19.0 Å². The van der Waals surface area contributed by atoms with E-state index in [1.165, 1.54) is 0 Å². The van der Waals surface area contributed by atoms with Crippen LogP contribution in [0.15, 0.2) is 0 Å². The number of aliphatic hydroxyl groups is 1. The molecule has 24 heavy (non-hydrogen) atoms. The Morgan fingerprint density at radius 1 is 1.33 bits per heavy atom. The summed E-state index contributed by atoms with van der Waals surface area (Å²) in [5, 5.41) is 11.1. The van der Waals surface area contributed by atoms with Crippen molar-refractivity contribution in [2.45, 2.75) is 71.2 Å². The van der Waals surface area contributed by atoms with E-state index in [9.17, 15) is 9.90 Å². The lowest BCUT2D eigenvalue weighted by atomic mass is 9.59. The van der Waals surface area contributed by atoms with Crippen molar-refractivity contribution in [1.29, 1.82) is 0 Å². The molecule has 2 fully saturated rings. The van der Waals surface area contributed by atoms with Crippen LogP contribution < -0.4 is 0 Å². The number of carbonyl (C=O) groups is 1. The molecule has 0 bridgehead atoms. The Kier molecular flexibility index (Phi) is 6.68. The summed E-state index contributed by atoms with van der Waals surface area (Å²) in [4.78, 5) is 12.5. The van der Waals surface area contributed by atoms with Crippen molar-refractivity contribution in [1.82, 2.24) is 0 Å². The number of hydrogen-bond donors (Lipinski definition) is 1. The van der Waals surface area contributed by atoms with Crippen LogP contribution in [0.2, 0.25) is 0 Å². The van der Waals surface area contributed by atoms with Crippen LogP contribution in [0.1, 0.15) is 59.3 Å². The molecule has 1 saturated heterocycles. The van der Waals surface area contributed by atoms with E-state index in [0.717, 1.165) is 38.7 Å². The smallest absolute Gasteiger partial charge is 0.316 e. The van der Waals surface area contributed by atoms with Gasteiger partial charge in [0.05, 0.1) is 6.61 Å². The second kappa shape index (κ2) is 8.33. The highest BCUT2D eigenvalue weighted by molar-refractivity contribution is 5.79. The van der Waals surface area contributed by atoms with Gasteiger partial charge in [-0.15, -0.1) is 0 Å². The van der Waals surface area contributed by atoms with Gasteiger partial charge in [-0.3, -0.25) is 4.79 Å². The Balaban J connectivity index is 2.06. The van der Waals surface area contributed by atoms with Gasteiger partial charge in [0.25, 0.3) is 0 Å². The summed E-state index contributed by atoms with van der Waals surface area (Å²) in [6.07, 6.45) is 5.04. The minimum absolute atomic E-state index is 0.00666. The van der Waals surface area contributed by atoms with Crippen LogP contribution in [0.25, 0.3) is 0 Å². The third-order valence-corrected chi connectivity index (χ3v) is 5.49. The third kappa shape index (κ3) is 3.93. The Labute approximate surface area is 145 Å². The molecule has 4 atom stereocenters. The first-order valence-corrected chi connectivity index (χ1v) is 9.07. The van der Waals surface area contributed by atoms with Crippen molar-refractivity contribution in [2.75, 3.05) is 19.8 Å². The fraction of sp³-hybridized carbons (Fsp3) is 0.842. The van der Waals surface area contributed by atoms with Crippen LogP contribution in [0.5, 0.6) is 0 Å². The number of carbonyl (C=O) groups excluding carboxylic acids is 1. The molecule has 0 radical (unpaired) electrons. The highest BCUT2D eigenvalue weighted by atomic mass is 16.7. The fourth-order valence-electron chi connectivity index (χ4n) is 3.62. The molecule has 0 spiro atoms. The molecule has 136 valence electrons. The van der Waals surface area contributed by atoms with Crippen LogP contribution in [0.4, 0.5) is 0 Å². The highest BCUT2D eigenvalue weighted by Gasteiger charge is 2.57. The molecule has 1 saturated carbocycles. The van der Waals surface area contributed by atoms with Gasteiger partial charge in [0, 0.05) is 6.61 Å². The van der Waals surface area contributed by atoms with Gasteiger partial charge in [-0.25, -0.2) is 0 Å². The van der Waals surface area contributed by atoms with Gasteiger partial charge >= 0.3 is 5.97 Å². The van der Waals surface area contributed by atoms with Crippen LogP contribution >= 0.6 is 0 Å². The molecule has 1 aliphatic heterocycles. The first-order valence-electron chi connectivity index (χ1n) is 9.07. The molecular formula is C19H30O5. The molecule has 0 amide bonds. The Morgan fingerprint density at radius 3 is 2.79 bits per heavy atom. The van der Waals surface area contributed by atoms with Gasteiger partial charge in [-0.1, -0.05) is 18.8 Å². The third-order valence-electron chi connectivity index (χ3n) is 5.49. The summed E-state index contributed by atoms with van der Waals surface area (Å²) in [7, 11) is 0. The average molecular weight is 338 g/mol. The minimum atomic E-state index is -1.38. The highest BCUT2D eigenvalue weighted by Crippen LogP contribution is 2.48. The zero-order valence-corrected chi connectivity index (χ0v) is 15.1. The zero-order valence-electron chi connectivity index (χ0n) is 15.1. The summed E-state index contributed by atoms with van der Waals surface area (Å²) in [5.41, 5.74) is -2.40. The van der Waals surface area contributed by atoms with E-state index in [2.05, 4.69) is 11.8 Å². The van der Waals surface area contributed by atoms with E-state index in [-0.39, 0.29) is 24.8 Å². The summed E-state index contributed by atoms with van der Waals surface area (Å²) >= 11 is 0. The van der Waals surface area contributed by atoms with Gasteiger partial charge in [-0.05, 0) is 58.3 Å². The van der Waals surface area contributed by atoms with Crippen molar-refractivity contribution in [3.8, 4) is 11.8 Å². The molecule has 1 N–H and O–H groups in total. The second-order valence-electron chi connectivity index (χ2n) is 6.99. The molecule has 1 heterocycles. The number of esters is 1. The van der Waals surface area contributed by atoms with Gasteiger partial charge in [0.1, 0.15) is 17.6 Å². The van der Waals surface area contributed by atoms with Crippen molar-refractivity contribution >= 4 is 5.97 Å². The molecule has 0 unspecified atom stereocenters. The number of ether oxygens (including phenoxy) is 3. The maximum atomic E-state index is 12.5. The predicted molar refractivity (Wildman–Crippen MR) is 90.0 cm³/mol. The largest absolute Gasteiger partial charge is 0.465 e. The maximum Gasteiger partial charge on any atom is 0.316 e. The Hall–Kier alpha value is -1.09. The van der Waals surface area contributed by atoms with Gasteiger partial charge in [0.15, 0.2) is 6.29 Å². The lowest BCUT2D eigenvalue weighted by molar-refractivity contribution is -0.179. The van der Waals surface area contributed by atoms with Crippen LogP contribution in [0.3, 0.4) is 0 Å². The fourth-order valence-corrected chi connectivity index (χ4v) is 3.62. The molecule has 5 nitrogen and oxygen atoms in total. The van der Waals surface area contributed by atoms with E-state index < -0.39 is 11.0 Å². The van der Waals surface area contributed by atoms with E-state index in [0.29, 0.717) is 13.0 Å². The Bertz CT molecular complexity index is 488. The van der Waals surface area contributed by atoms with Crippen molar-refractivity contribution in [3.63, 3.8) is 0 Å².